The first-order chi connectivity index (χ1) is 14.0. The van der Waals surface area contributed by atoms with E-state index in [1.54, 1.807) is 42.5 Å². The zero-order valence-corrected chi connectivity index (χ0v) is 15.6. The van der Waals surface area contributed by atoms with Crippen molar-refractivity contribution in [2.75, 3.05) is 14.2 Å². The van der Waals surface area contributed by atoms with E-state index in [0.29, 0.717) is 34.1 Å². The number of furan rings is 1. The normalized spacial score (nSPS) is 10.7. The summed E-state index contributed by atoms with van der Waals surface area (Å²) < 4.78 is 16.0. The highest BCUT2D eigenvalue weighted by molar-refractivity contribution is 5.97. The number of amides is 1. The number of hydrogen-bond acceptors (Lipinski definition) is 7. The molecular weight excluding hydrogens is 378 g/mol. The highest BCUT2D eigenvalue weighted by Gasteiger charge is 2.15. The molecule has 0 fully saturated rings. The average Bonchev–Trinajstić information content (AvgIpc) is 3.21. The van der Waals surface area contributed by atoms with E-state index in [2.05, 4.69) is 10.5 Å². The summed E-state index contributed by atoms with van der Waals surface area (Å²) in [6.45, 7) is 0. The topological polar surface area (TPSA) is 116 Å². The van der Waals surface area contributed by atoms with E-state index in [1.807, 2.05) is 0 Å². The molecule has 1 amide bonds. The minimum absolute atomic E-state index is 0.0852. The number of carbonyl (C=O) groups is 1. The van der Waals surface area contributed by atoms with Gasteiger partial charge in [-0.05, 0) is 30.3 Å². The summed E-state index contributed by atoms with van der Waals surface area (Å²) in [5.41, 5.74) is 3.22. The minimum Gasteiger partial charge on any atom is -0.496 e. The number of methoxy groups -OCH3 is 2. The van der Waals surface area contributed by atoms with Crippen molar-refractivity contribution in [2.45, 2.75) is 0 Å². The molecule has 9 heteroatoms. The number of nitro benzene ring substituents is 1. The molecule has 0 bridgehead atoms. The third-order valence-corrected chi connectivity index (χ3v) is 4.00. The van der Waals surface area contributed by atoms with Crippen molar-refractivity contribution in [3.63, 3.8) is 0 Å². The van der Waals surface area contributed by atoms with E-state index < -0.39 is 10.8 Å². The van der Waals surface area contributed by atoms with E-state index in [4.69, 9.17) is 13.9 Å². The molecule has 3 aromatic rings. The number of nitro groups is 1. The maximum atomic E-state index is 12.2. The molecule has 1 heterocycles. The Bertz CT molecular complexity index is 1070. The molecule has 148 valence electrons. The lowest BCUT2D eigenvalue weighted by Crippen LogP contribution is -2.18. The second-order valence-corrected chi connectivity index (χ2v) is 5.74. The quantitative estimate of drug-likeness (QED) is 0.371. The Hall–Kier alpha value is -4.14. The van der Waals surface area contributed by atoms with Gasteiger partial charge in [-0.25, -0.2) is 5.43 Å². The van der Waals surface area contributed by atoms with Gasteiger partial charge in [-0.15, -0.1) is 0 Å². The molecule has 2 aromatic carbocycles. The minimum atomic E-state index is -0.503. The number of non-ortho nitro benzene ring substituents is 1. The van der Waals surface area contributed by atoms with Crippen LogP contribution in [-0.4, -0.2) is 31.3 Å². The lowest BCUT2D eigenvalue weighted by Gasteiger charge is -2.06. The fourth-order valence-electron chi connectivity index (χ4n) is 2.61. The molecule has 0 saturated heterocycles. The highest BCUT2D eigenvalue weighted by Crippen LogP contribution is 2.34. The van der Waals surface area contributed by atoms with Gasteiger partial charge in [-0.3, -0.25) is 14.9 Å². The lowest BCUT2D eigenvalue weighted by atomic mass is 10.1. The van der Waals surface area contributed by atoms with Crippen LogP contribution in [0.2, 0.25) is 0 Å². The molecule has 0 aliphatic rings. The molecule has 3 rings (SSSR count). The summed E-state index contributed by atoms with van der Waals surface area (Å²) in [7, 11) is 2.90. The molecule has 9 nitrogen and oxygen atoms in total. The van der Waals surface area contributed by atoms with E-state index in [-0.39, 0.29) is 5.69 Å². The monoisotopic (exact) mass is 395 g/mol. The number of nitrogens with one attached hydrogen (secondary N) is 1. The molecule has 0 atom stereocenters. The first-order valence-electron chi connectivity index (χ1n) is 8.42. The Morgan fingerprint density at radius 1 is 1.10 bits per heavy atom. The lowest BCUT2D eigenvalue weighted by molar-refractivity contribution is -0.384. The van der Waals surface area contributed by atoms with Crippen LogP contribution in [0.4, 0.5) is 5.69 Å². The Morgan fingerprint density at radius 2 is 1.86 bits per heavy atom. The van der Waals surface area contributed by atoms with Crippen LogP contribution in [0.25, 0.3) is 11.3 Å². The molecule has 29 heavy (non-hydrogen) atoms. The number of para-hydroxylation sites is 1. The molecule has 1 aromatic heterocycles. The predicted molar refractivity (Wildman–Crippen MR) is 105 cm³/mol. The van der Waals surface area contributed by atoms with Gasteiger partial charge in [-0.2, -0.15) is 5.10 Å². The molecule has 0 radical (unpaired) electrons. The molecular formula is C20H17N3O6. The zero-order chi connectivity index (χ0) is 20.8. The molecule has 0 aliphatic carbocycles. The van der Waals surface area contributed by atoms with Crippen molar-refractivity contribution >= 4 is 17.8 Å². The second kappa shape index (κ2) is 8.70. The van der Waals surface area contributed by atoms with Gasteiger partial charge in [0.05, 0.1) is 42.6 Å². The van der Waals surface area contributed by atoms with Crippen molar-refractivity contribution in [2.24, 2.45) is 5.10 Å². The van der Waals surface area contributed by atoms with Gasteiger partial charge in [0.15, 0.2) is 0 Å². The van der Waals surface area contributed by atoms with Gasteiger partial charge >= 0.3 is 0 Å². The molecule has 0 unspecified atom stereocenters. The van der Waals surface area contributed by atoms with Crippen LogP contribution in [0.3, 0.4) is 0 Å². The number of hydrogen-bond donors (Lipinski definition) is 1. The summed E-state index contributed by atoms with van der Waals surface area (Å²) >= 11 is 0. The number of benzene rings is 2. The molecule has 0 saturated carbocycles. The van der Waals surface area contributed by atoms with Gasteiger partial charge in [0.25, 0.3) is 11.6 Å². The van der Waals surface area contributed by atoms with Crippen LogP contribution >= 0.6 is 0 Å². The third-order valence-electron chi connectivity index (χ3n) is 4.00. The maximum Gasteiger partial charge on any atom is 0.275 e. The Balaban J connectivity index is 1.74. The zero-order valence-electron chi connectivity index (χ0n) is 15.6. The fourth-order valence-corrected chi connectivity index (χ4v) is 2.61. The summed E-state index contributed by atoms with van der Waals surface area (Å²) in [5, 5.41) is 14.8. The highest BCUT2D eigenvalue weighted by atomic mass is 16.6. The van der Waals surface area contributed by atoms with E-state index in [9.17, 15) is 14.9 Å². The number of ether oxygens (including phenoxy) is 2. The standard InChI is InChI=1S/C20H17N3O6/c1-27-17-6-4-3-5-16(17)20(24)22-21-12-14-8-10-18(29-14)15-9-7-13(23(25)26)11-19(15)28-2/h3-12H,1-2H3,(H,22,24)/b21-12-. The molecule has 1 N–H and O–H groups in total. The molecule has 0 spiro atoms. The van der Waals surface area contributed by atoms with Crippen LogP contribution in [0.5, 0.6) is 11.5 Å². The largest absolute Gasteiger partial charge is 0.496 e. The van der Waals surface area contributed by atoms with Crippen LogP contribution in [0.15, 0.2) is 64.1 Å². The van der Waals surface area contributed by atoms with Gasteiger partial charge in [0, 0.05) is 6.07 Å². The summed E-state index contributed by atoms with van der Waals surface area (Å²) in [5.74, 6) is 1.13. The van der Waals surface area contributed by atoms with Gasteiger partial charge in [0.1, 0.15) is 23.0 Å². The Kier molecular flexibility index (Phi) is 5.88. The van der Waals surface area contributed by atoms with E-state index in [0.717, 1.165) is 0 Å². The van der Waals surface area contributed by atoms with Gasteiger partial charge in [0.2, 0.25) is 0 Å². The summed E-state index contributed by atoms with van der Waals surface area (Å²) in [6, 6.07) is 14.3. The smallest absolute Gasteiger partial charge is 0.275 e. The van der Waals surface area contributed by atoms with Crippen LogP contribution in [0, 0.1) is 10.1 Å². The first-order valence-corrected chi connectivity index (χ1v) is 8.42. The number of rotatable bonds is 7. The fraction of sp³-hybridized carbons (Fsp3) is 0.100. The predicted octanol–water partition coefficient (Wildman–Crippen LogP) is 3.64. The first kappa shape index (κ1) is 19.6. The summed E-state index contributed by atoms with van der Waals surface area (Å²) in [6.07, 6.45) is 1.34. The van der Waals surface area contributed by atoms with Crippen LogP contribution < -0.4 is 14.9 Å². The number of nitrogens with zero attached hydrogens (tertiary/aromatic N) is 2. The Morgan fingerprint density at radius 3 is 2.59 bits per heavy atom. The SMILES string of the molecule is COc1ccccc1C(=O)N/N=C\c1ccc(-c2ccc([N+](=O)[O-])cc2OC)o1. The number of hydrazone groups is 1. The van der Waals surface area contributed by atoms with Crippen molar-refractivity contribution in [3.05, 3.63) is 76.0 Å². The van der Waals surface area contributed by atoms with Crippen LogP contribution in [-0.2, 0) is 0 Å². The van der Waals surface area contributed by atoms with Crippen molar-refractivity contribution < 1.29 is 23.6 Å². The average molecular weight is 395 g/mol. The van der Waals surface area contributed by atoms with Crippen LogP contribution in [0.1, 0.15) is 16.1 Å². The van der Waals surface area contributed by atoms with Crippen molar-refractivity contribution in [1.29, 1.82) is 0 Å². The summed E-state index contributed by atoms with van der Waals surface area (Å²) in [4.78, 5) is 22.6. The van der Waals surface area contributed by atoms with E-state index in [1.165, 1.54) is 32.6 Å². The second-order valence-electron chi connectivity index (χ2n) is 5.74. The number of carbonyl (C=O) groups excluding carboxylic acids is 1. The van der Waals surface area contributed by atoms with Crippen molar-refractivity contribution in [1.82, 2.24) is 5.43 Å². The molecule has 0 aliphatic heterocycles. The van der Waals surface area contributed by atoms with E-state index >= 15 is 0 Å². The van der Waals surface area contributed by atoms with Crippen molar-refractivity contribution in [3.8, 4) is 22.8 Å². The third kappa shape index (κ3) is 4.41. The maximum absolute atomic E-state index is 12.2. The Labute approximate surface area is 165 Å². The van der Waals surface area contributed by atoms with Gasteiger partial charge < -0.3 is 13.9 Å². The van der Waals surface area contributed by atoms with Gasteiger partial charge in [-0.1, -0.05) is 12.1 Å².